The Balaban J connectivity index is 1.60. The van der Waals surface area contributed by atoms with Crippen LogP contribution in [0.1, 0.15) is 16.2 Å². The molecule has 1 aromatic carbocycles. The van der Waals surface area contributed by atoms with Gasteiger partial charge >= 0.3 is 0 Å². The van der Waals surface area contributed by atoms with Gasteiger partial charge in [0.25, 0.3) is 5.91 Å². The van der Waals surface area contributed by atoms with Gasteiger partial charge in [-0.05, 0) is 31.2 Å². The lowest BCUT2D eigenvalue weighted by Crippen LogP contribution is -2.53. The number of fused-ring (bicyclic) bond motifs is 1. The van der Waals surface area contributed by atoms with E-state index >= 15 is 0 Å². The summed E-state index contributed by atoms with van der Waals surface area (Å²) in [6, 6.07) is 7.55. The smallest absolute Gasteiger partial charge is 0.276 e. The van der Waals surface area contributed by atoms with Crippen LogP contribution < -0.4 is 10.1 Å². The Hall–Kier alpha value is -2.45. The van der Waals surface area contributed by atoms with E-state index in [1.54, 1.807) is 11.8 Å². The first-order valence-corrected chi connectivity index (χ1v) is 8.39. The highest BCUT2D eigenvalue weighted by atomic mass is 16.5. The van der Waals surface area contributed by atoms with Gasteiger partial charge in [-0.3, -0.25) is 4.79 Å². The summed E-state index contributed by atoms with van der Waals surface area (Å²) in [4.78, 5) is 14.9. The minimum Gasteiger partial charge on any atom is -0.497 e. The second-order valence-electron chi connectivity index (χ2n) is 6.27. The molecule has 2 fully saturated rings. The van der Waals surface area contributed by atoms with Gasteiger partial charge in [0.05, 0.1) is 37.2 Å². The molecule has 2 atom stereocenters. The first-order chi connectivity index (χ1) is 12.2. The monoisotopic (exact) mass is 343 g/mol. The quantitative estimate of drug-likeness (QED) is 0.869. The molecule has 2 aliphatic rings. The molecule has 0 spiro atoms. The largest absolute Gasteiger partial charge is 0.497 e. The van der Waals surface area contributed by atoms with Crippen molar-refractivity contribution < 1.29 is 14.3 Å². The van der Waals surface area contributed by atoms with Crippen molar-refractivity contribution in [1.29, 1.82) is 0 Å². The lowest BCUT2D eigenvalue weighted by atomic mass is 10.1. The molecular formula is C17H21N5O3. The normalized spacial score (nSPS) is 22.7. The van der Waals surface area contributed by atoms with Crippen LogP contribution in [0.3, 0.4) is 0 Å². The van der Waals surface area contributed by atoms with Crippen LogP contribution in [-0.4, -0.2) is 71.3 Å². The van der Waals surface area contributed by atoms with Crippen molar-refractivity contribution in [1.82, 2.24) is 25.2 Å². The van der Waals surface area contributed by atoms with E-state index in [0.29, 0.717) is 18.8 Å². The molecule has 0 saturated carbocycles. The lowest BCUT2D eigenvalue weighted by molar-refractivity contribution is -0.0367. The van der Waals surface area contributed by atoms with Gasteiger partial charge in [0.15, 0.2) is 5.69 Å². The number of methoxy groups -OCH3 is 1. The standard InChI is InChI=1S/C17H21N5O3/c1-11-16(17(23)21-7-8-25-15-10-18-9-14(15)21)19-20-22(11)12-3-5-13(24-2)6-4-12/h3-6,14-15,18H,7-10H2,1-2H3/t14-,15+/m1/s1. The van der Waals surface area contributed by atoms with Crippen molar-refractivity contribution in [3.05, 3.63) is 35.7 Å². The number of morpholine rings is 1. The van der Waals surface area contributed by atoms with Crippen molar-refractivity contribution in [2.45, 2.75) is 19.1 Å². The van der Waals surface area contributed by atoms with Crippen LogP contribution in [0.2, 0.25) is 0 Å². The second-order valence-corrected chi connectivity index (χ2v) is 6.27. The summed E-state index contributed by atoms with van der Waals surface area (Å²) in [7, 11) is 1.62. The summed E-state index contributed by atoms with van der Waals surface area (Å²) in [5, 5.41) is 11.6. The molecule has 8 heteroatoms. The van der Waals surface area contributed by atoms with Crippen LogP contribution in [0, 0.1) is 6.92 Å². The topological polar surface area (TPSA) is 81.5 Å². The molecule has 132 valence electrons. The number of aromatic nitrogens is 3. The van der Waals surface area contributed by atoms with E-state index in [2.05, 4.69) is 15.6 Å². The molecule has 0 unspecified atom stereocenters. The van der Waals surface area contributed by atoms with Crippen molar-refractivity contribution >= 4 is 5.91 Å². The Morgan fingerprint density at radius 1 is 1.32 bits per heavy atom. The third kappa shape index (κ3) is 2.77. The number of ether oxygens (including phenoxy) is 2. The summed E-state index contributed by atoms with van der Waals surface area (Å²) < 4.78 is 12.6. The fourth-order valence-electron chi connectivity index (χ4n) is 3.47. The van der Waals surface area contributed by atoms with Gasteiger partial charge in [0, 0.05) is 19.6 Å². The van der Waals surface area contributed by atoms with E-state index in [1.807, 2.05) is 36.1 Å². The number of hydrogen-bond donors (Lipinski definition) is 1. The fraction of sp³-hybridized carbons (Fsp3) is 0.471. The summed E-state index contributed by atoms with van der Waals surface area (Å²) in [6.07, 6.45) is 0.0645. The molecule has 8 nitrogen and oxygen atoms in total. The van der Waals surface area contributed by atoms with Gasteiger partial charge in [-0.2, -0.15) is 0 Å². The van der Waals surface area contributed by atoms with Crippen LogP contribution in [-0.2, 0) is 4.74 Å². The van der Waals surface area contributed by atoms with Gasteiger partial charge in [-0.15, -0.1) is 5.10 Å². The molecule has 0 bridgehead atoms. The van der Waals surface area contributed by atoms with E-state index < -0.39 is 0 Å². The molecule has 3 heterocycles. The van der Waals surface area contributed by atoms with Crippen molar-refractivity contribution in [2.75, 3.05) is 33.4 Å². The number of carbonyl (C=O) groups excluding carboxylic acids is 1. The molecule has 1 amide bonds. The molecule has 0 aliphatic carbocycles. The predicted molar refractivity (Wildman–Crippen MR) is 90.1 cm³/mol. The molecule has 25 heavy (non-hydrogen) atoms. The van der Waals surface area contributed by atoms with E-state index in [1.165, 1.54) is 0 Å². The molecule has 2 aromatic rings. The Labute approximate surface area is 145 Å². The highest BCUT2D eigenvalue weighted by Gasteiger charge is 2.39. The number of nitrogens with zero attached hydrogens (tertiary/aromatic N) is 4. The Bertz CT molecular complexity index is 773. The first-order valence-electron chi connectivity index (χ1n) is 8.39. The molecule has 2 saturated heterocycles. The number of rotatable bonds is 3. The minimum atomic E-state index is -0.0840. The Morgan fingerprint density at radius 2 is 2.12 bits per heavy atom. The number of amides is 1. The zero-order chi connectivity index (χ0) is 17.4. The number of nitrogens with one attached hydrogen (secondary N) is 1. The molecule has 0 radical (unpaired) electrons. The van der Waals surface area contributed by atoms with E-state index in [0.717, 1.165) is 30.2 Å². The van der Waals surface area contributed by atoms with E-state index in [4.69, 9.17) is 9.47 Å². The van der Waals surface area contributed by atoms with E-state index in [-0.39, 0.29) is 18.1 Å². The lowest BCUT2D eigenvalue weighted by Gasteiger charge is -2.36. The van der Waals surface area contributed by atoms with Crippen LogP contribution >= 0.6 is 0 Å². The first kappa shape index (κ1) is 16.0. The van der Waals surface area contributed by atoms with Gasteiger partial charge in [0.1, 0.15) is 5.75 Å². The van der Waals surface area contributed by atoms with Gasteiger partial charge in [0.2, 0.25) is 0 Å². The van der Waals surface area contributed by atoms with Gasteiger partial charge < -0.3 is 19.7 Å². The molecule has 4 rings (SSSR count). The average Bonchev–Trinajstić information content (AvgIpc) is 3.27. The van der Waals surface area contributed by atoms with Crippen molar-refractivity contribution in [3.8, 4) is 11.4 Å². The number of benzene rings is 1. The number of hydrogen-bond acceptors (Lipinski definition) is 6. The Kier molecular flexibility index (Phi) is 4.14. The fourth-order valence-corrected chi connectivity index (χ4v) is 3.47. The van der Waals surface area contributed by atoms with Crippen LogP contribution in [0.25, 0.3) is 5.69 Å². The predicted octanol–water partition coefficient (Wildman–Crippen LogP) is 0.397. The molecular weight excluding hydrogens is 322 g/mol. The third-order valence-corrected chi connectivity index (χ3v) is 4.87. The summed E-state index contributed by atoms with van der Waals surface area (Å²) in [5.41, 5.74) is 1.96. The van der Waals surface area contributed by atoms with Gasteiger partial charge in [-0.1, -0.05) is 5.21 Å². The zero-order valence-corrected chi connectivity index (χ0v) is 14.3. The van der Waals surface area contributed by atoms with Crippen LogP contribution in [0.15, 0.2) is 24.3 Å². The van der Waals surface area contributed by atoms with E-state index in [9.17, 15) is 4.79 Å². The summed E-state index contributed by atoms with van der Waals surface area (Å²) >= 11 is 0. The maximum atomic E-state index is 13.0. The molecule has 1 aromatic heterocycles. The minimum absolute atomic E-state index is 0.0618. The zero-order valence-electron chi connectivity index (χ0n) is 14.3. The summed E-state index contributed by atoms with van der Waals surface area (Å²) in [6.45, 7) is 4.53. The second kappa shape index (κ2) is 6.45. The van der Waals surface area contributed by atoms with Crippen molar-refractivity contribution in [3.63, 3.8) is 0 Å². The highest BCUT2D eigenvalue weighted by molar-refractivity contribution is 5.93. The van der Waals surface area contributed by atoms with Crippen LogP contribution in [0.4, 0.5) is 0 Å². The van der Waals surface area contributed by atoms with Gasteiger partial charge in [-0.25, -0.2) is 4.68 Å². The third-order valence-electron chi connectivity index (χ3n) is 4.87. The maximum Gasteiger partial charge on any atom is 0.276 e. The van der Waals surface area contributed by atoms with Crippen molar-refractivity contribution in [2.24, 2.45) is 0 Å². The molecule has 1 N–H and O–H groups in total. The highest BCUT2D eigenvalue weighted by Crippen LogP contribution is 2.22. The summed E-state index contributed by atoms with van der Waals surface area (Å²) in [5.74, 6) is 0.685. The number of carbonyl (C=O) groups is 1. The Morgan fingerprint density at radius 3 is 2.88 bits per heavy atom. The maximum absolute atomic E-state index is 13.0. The van der Waals surface area contributed by atoms with Crippen LogP contribution in [0.5, 0.6) is 5.75 Å². The SMILES string of the molecule is COc1ccc(-n2nnc(C(=O)N3CCO[C@H]4CNC[C@H]43)c2C)cc1. The average molecular weight is 343 g/mol. The molecule has 2 aliphatic heterocycles.